The van der Waals surface area contributed by atoms with Crippen molar-refractivity contribution >= 4 is 34.4 Å². The Balaban J connectivity index is 1.46. The highest BCUT2D eigenvalue weighted by atomic mass is 35.5. The van der Waals surface area contributed by atoms with E-state index in [0.29, 0.717) is 23.7 Å². The second-order valence-electron chi connectivity index (χ2n) is 8.29. The summed E-state index contributed by atoms with van der Waals surface area (Å²) in [4.78, 5) is 24.3. The number of aryl methyl sites for hydroxylation is 2. The summed E-state index contributed by atoms with van der Waals surface area (Å²) in [5.74, 6) is -1.14. The number of rotatable bonds is 6. The van der Waals surface area contributed by atoms with Crippen molar-refractivity contribution in [3.63, 3.8) is 0 Å². The summed E-state index contributed by atoms with van der Waals surface area (Å²) in [7, 11) is 0. The molecule has 0 bridgehead atoms. The third-order valence-electron chi connectivity index (χ3n) is 6.14. The predicted molar refractivity (Wildman–Crippen MR) is 127 cm³/mol. The Bertz CT molecular complexity index is 1360. The van der Waals surface area contributed by atoms with Gasteiger partial charge in [-0.25, -0.2) is 4.79 Å². The molecule has 4 aromatic rings. The van der Waals surface area contributed by atoms with Gasteiger partial charge in [-0.3, -0.25) is 9.48 Å². The summed E-state index contributed by atoms with van der Waals surface area (Å²) in [6, 6.07) is 16.1. The van der Waals surface area contributed by atoms with Crippen LogP contribution in [0.15, 0.2) is 60.8 Å². The number of hydrogen-bond acceptors (Lipinski definition) is 3. The van der Waals surface area contributed by atoms with Crippen LogP contribution in [-0.4, -0.2) is 26.8 Å². The Morgan fingerprint density at radius 3 is 2.48 bits per heavy atom. The summed E-state index contributed by atoms with van der Waals surface area (Å²) in [6.45, 7) is 0.846. The third-order valence-corrected chi connectivity index (χ3v) is 6.39. The lowest BCUT2D eigenvalue weighted by Gasteiger charge is -2.13. The quantitative estimate of drug-likeness (QED) is 0.431. The molecular formula is C26H22ClN3O3. The highest BCUT2D eigenvalue weighted by molar-refractivity contribution is 6.30. The number of amides is 1. The molecular weight excluding hydrogens is 438 g/mol. The van der Waals surface area contributed by atoms with Crippen LogP contribution in [0.5, 0.6) is 0 Å². The molecule has 5 rings (SSSR count). The number of halogens is 1. The maximum absolute atomic E-state index is 13.3. The zero-order valence-corrected chi connectivity index (χ0v) is 18.6. The van der Waals surface area contributed by atoms with Gasteiger partial charge in [-0.1, -0.05) is 35.9 Å². The van der Waals surface area contributed by atoms with Crippen LogP contribution in [0.25, 0.3) is 10.9 Å². The highest BCUT2D eigenvalue weighted by Gasteiger charge is 2.23. The van der Waals surface area contributed by atoms with E-state index in [0.717, 1.165) is 41.3 Å². The molecule has 3 aromatic carbocycles. The van der Waals surface area contributed by atoms with Gasteiger partial charge in [0.1, 0.15) is 0 Å². The second-order valence-corrected chi connectivity index (χ2v) is 8.73. The fraction of sp³-hybridized carbons (Fsp3) is 0.192. The number of hydrogen-bond donors (Lipinski definition) is 2. The first kappa shape index (κ1) is 21.2. The monoisotopic (exact) mass is 459 g/mol. The molecule has 0 fully saturated rings. The standard InChI is InChI=1S/C26H22ClN3O3/c27-20-10-6-17(7-11-20)15-30-24-22(12-19-2-1-3-21(19)23(24)14-29-30)25(31)28-13-16-4-8-18(9-5-16)26(32)33/h4-12,14H,1-3,13,15H2,(H,28,31)(H,32,33). The van der Waals surface area contributed by atoms with E-state index >= 15 is 0 Å². The van der Waals surface area contributed by atoms with Gasteiger partial charge in [-0.15, -0.1) is 0 Å². The highest BCUT2D eigenvalue weighted by Crippen LogP contribution is 2.33. The molecule has 1 aliphatic carbocycles. The second kappa shape index (κ2) is 8.71. The summed E-state index contributed by atoms with van der Waals surface area (Å²) in [5.41, 5.74) is 6.05. The van der Waals surface area contributed by atoms with Crippen LogP contribution in [0.1, 0.15) is 49.4 Å². The van der Waals surface area contributed by atoms with E-state index in [-0.39, 0.29) is 11.5 Å². The molecule has 1 aromatic heterocycles. The van der Waals surface area contributed by atoms with E-state index in [9.17, 15) is 9.59 Å². The van der Waals surface area contributed by atoms with E-state index in [1.165, 1.54) is 11.1 Å². The van der Waals surface area contributed by atoms with Crippen molar-refractivity contribution in [3.8, 4) is 0 Å². The SMILES string of the molecule is O=C(O)c1ccc(CNC(=O)c2cc3c(c4cnn(Cc5ccc(Cl)cc5)c24)CCC3)cc1. The number of aromatic carboxylic acids is 1. The fourth-order valence-electron chi connectivity index (χ4n) is 4.47. The summed E-state index contributed by atoms with van der Waals surface area (Å²) in [5, 5.41) is 18.4. The molecule has 1 aliphatic rings. The zero-order chi connectivity index (χ0) is 22.9. The molecule has 0 spiro atoms. The maximum atomic E-state index is 13.3. The van der Waals surface area contributed by atoms with Crippen LogP contribution < -0.4 is 5.32 Å². The number of aromatic nitrogens is 2. The van der Waals surface area contributed by atoms with Crippen molar-refractivity contribution in [2.24, 2.45) is 0 Å². The molecule has 0 saturated carbocycles. The van der Waals surface area contributed by atoms with Gasteiger partial charge in [0.2, 0.25) is 0 Å². The van der Waals surface area contributed by atoms with Gasteiger partial charge in [0, 0.05) is 17.0 Å². The molecule has 0 saturated heterocycles. The Morgan fingerprint density at radius 2 is 1.76 bits per heavy atom. The lowest BCUT2D eigenvalue weighted by Crippen LogP contribution is -2.24. The number of carboxylic acids is 1. The summed E-state index contributed by atoms with van der Waals surface area (Å²) in [6.07, 6.45) is 4.91. The van der Waals surface area contributed by atoms with Crippen molar-refractivity contribution < 1.29 is 14.7 Å². The Labute approximate surface area is 195 Å². The lowest BCUT2D eigenvalue weighted by atomic mass is 10.0. The van der Waals surface area contributed by atoms with Crippen molar-refractivity contribution in [2.75, 3.05) is 0 Å². The smallest absolute Gasteiger partial charge is 0.335 e. The summed E-state index contributed by atoms with van der Waals surface area (Å²) < 4.78 is 1.88. The van der Waals surface area contributed by atoms with Crippen LogP contribution in [0, 0.1) is 0 Å². The average Bonchev–Trinajstić information content (AvgIpc) is 3.45. The average molecular weight is 460 g/mol. The molecule has 1 heterocycles. The summed E-state index contributed by atoms with van der Waals surface area (Å²) >= 11 is 6.02. The van der Waals surface area contributed by atoms with Crippen molar-refractivity contribution in [1.29, 1.82) is 0 Å². The van der Waals surface area contributed by atoms with Crippen LogP contribution in [-0.2, 0) is 25.9 Å². The van der Waals surface area contributed by atoms with E-state index in [1.54, 1.807) is 24.3 Å². The number of carbonyl (C=O) groups excluding carboxylic acids is 1. The van der Waals surface area contributed by atoms with E-state index in [1.807, 2.05) is 41.2 Å². The molecule has 0 atom stereocenters. The van der Waals surface area contributed by atoms with Crippen molar-refractivity contribution in [2.45, 2.75) is 32.4 Å². The number of carbonyl (C=O) groups is 2. The van der Waals surface area contributed by atoms with Crippen LogP contribution in [0.4, 0.5) is 0 Å². The largest absolute Gasteiger partial charge is 0.478 e. The lowest BCUT2D eigenvalue weighted by molar-refractivity contribution is 0.0696. The van der Waals surface area contributed by atoms with Gasteiger partial charge in [0.15, 0.2) is 0 Å². The Kier molecular flexibility index (Phi) is 5.60. The molecule has 0 aliphatic heterocycles. The maximum Gasteiger partial charge on any atom is 0.335 e. The fourth-order valence-corrected chi connectivity index (χ4v) is 4.59. The van der Waals surface area contributed by atoms with Gasteiger partial charge >= 0.3 is 5.97 Å². The molecule has 166 valence electrons. The minimum atomic E-state index is -0.972. The van der Waals surface area contributed by atoms with E-state index < -0.39 is 5.97 Å². The topological polar surface area (TPSA) is 84.2 Å². The molecule has 6 nitrogen and oxygen atoms in total. The minimum Gasteiger partial charge on any atom is -0.478 e. The zero-order valence-electron chi connectivity index (χ0n) is 17.8. The van der Waals surface area contributed by atoms with Crippen molar-refractivity contribution in [3.05, 3.63) is 99.2 Å². The Hall–Kier alpha value is -3.64. The first-order valence-electron chi connectivity index (χ1n) is 10.8. The minimum absolute atomic E-state index is 0.171. The Morgan fingerprint density at radius 1 is 1.03 bits per heavy atom. The molecule has 0 unspecified atom stereocenters. The van der Waals surface area contributed by atoms with Crippen LogP contribution in [0.3, 0.4) is 0 Å². The van der Waals surface area contributed by atoms with E-state index in [4.69, 9.17) is 16.7 Å². The van der Waals surface area contributed by atoms with Gasteiger partial charge in [-0.05, 0) is 71.8 Å². The first-order valence-corrected chi connectivity index (χ1v) is 11.2. The molecule has 1 amide bonds. The van der Waals surface area contributed by atoms with Gasteiger partial charge in [0.05, 0.1) is 29.4 Å². The van der Waals surface area contributed by atoms with E-state index in [2.05, 4.69) is 10.4 Å². The third kappa shape index (κ3) is 4.22. The van der Waals surface area contributed by atoms with Gasteiger partial charge in [0.25, 0.3) is 5.91 Å². The predicted octanol–water partition coefficient (Wildman–Crippen LogP) is 4.85. The molecule has 0 radical (unpaired) electrons. The number of nitrogens with zero attached hydrogens (tertiary/aromatic N) is 2. The number of fused-ring (bicyclic) bond motifs is 3. The number of nitrogens with one attached hydrogen (secondary N) is 1. The van der Waals surface area contributed by atoms with Crippen LogP contribution in [0.2, 0.25) is 5.02 Å². The molecule has 7 heteroatoms. The molecule has 33 heavy (non-hydrogen) atoms. The normalized spacial score (nSPS) is 12.6. The van der Waals surface area contributed by atoms with Gasteiger partial charge < -0.3 is 10.4 Å². The molecule has 2 N–H and O–H groups in total. The van der Waals surface area contributed by atoms with Crippen molar-refractivity contribution in [1.82, 2.24) is 15.1 Å². The number of benzene rings is 3. The first-order chi connectivity index (χ1) is 16.0. The van der Waals surface area contributed by atoms with Crippen LogP contribution >= 0.6 is 11.6 Å². The van der Waals surface area contributed by atoms with Gasteiger partial charge in [-0.2, -0.15) is 5.10 Å². The number of carboxylic acid groups (broad SMARTS) is 1.